The minimum absolute atomic E-state index is 0.0192. The molecule has 2 aromatic carbocycles. The lowest BCUT2D eigenvalue weighted by Gasteiger charge is -2.15. The van der Waals surface area contributed by atoms with Gasteiger partial charge >= 0.3 is 0 Å². The number of hydrogen-bond donors (Lipinski definition) is 1. The van der Waals surface area contributed by atoms with Crippen LogP contribution in [-0.4, -0.2) is 19.2 Å². The van der Waals surface area contributed by atoms with E-state index < -0.39 is 11.4 Å². The van der Waals surface area contributed by atoms with Crippen molar-refractivity contribution in [2.24, 2.45) is 0 Å². The van der Waals surface area contributed by atoms with Crippen molar-refractivity contribution in [2.75, 3.05) is 14.2 Å². The largest absolute Gasteiger partial charge is 0.495 e. The van der Waals surface area contributed by atoms with Crippen molar-refractivity contribution in [1.82, 2.24) is 4.98 Å². The first-order valence-corrected chi connectivity index (χ1v) is 9.25. The second kappa shape index (κ2) is 8.43. The molecular weight excluding hydrogens is 428 g/mol. The average Bonchev–Trinajstić information content (AvgIpc) is 2.67. The normalized spacial score (nSPS) is 10.8. The SMILES string of the molecule is COc1cc(-c2c[nH]c(=O)c(Cl)c2Cc2ccc(F)cc2Cl)cc(OC)c1Cl. The molecule has 1 aromatic heterocycles. The second-order valence-electron chi connectivity index (χ2n) is 5.93. The van der Waals surface area contributed by atoms with E-state index in [0.29, 0.717) is 38.8 Å². The number of hydrogen-bond acceptors (Lipinski definition) is 3. The lowest BCUT2D eigenvalue weighted by atomic mass is 9.96. The van der Waals surface area contributed by atoms with Crippen LogP contribution in [0.3, 0.4) is 0 Å². The van der Waals surface area contributed by atoms with Crippen LogP contribution in [0.5, 0.6) is 11.5 Å². The number of rotatable bonds is 5. The number of pyridine rings is 1. The minimum atomic E-state index is -0.446. The van der Waals surface area contributed by atoms with E-state index in [0.717, 1.165) is 0 Å². The van der Waals surface area contributed by atoms with Gasteiger partial charge in [-0.05, 0) is 41.0 Å². The summed E-state index contributed by atoms with van der Waals surface area (Å²) in [5, 5.41) is 0.590. The van der Waals surface area contributed by atoms with Gasteiger partial charge in [0.2, 0.25) is 0 Å². The van der Waals surface area contributed by atoms with Crippen molar-refractivity contribution in [3.8, 4) is 22.6 Å². The summed E-state index contributed by atoms with van der Waals surface area (Å²) in [6.07, 6.45) is 1.77. The Hall–Kier alpha value is -2.21. The van der Waals surface area contributed by atoms with Crippen molar-refractivity contribution >= 4 is 34.8 Å². The van der Waals surface area contributed by atoms with Gasteiger partial charge in [-0.2, -0.15) is 0 Å². The lowest BCUT2D eigenvalue weighted by molar-refractivity contribution is 0.395. The van der Waals surface area contributed by atoms with Gasteiger partial charge in [0.1, 0.15) is 27.4 Å². The monoisotopic (exact) mass is 441 g/mol. The van der Waals surface area contributed by atoms with Gasteiger partial charge in [0.15, 0.2) is 0 Å². The Morgan fingerprint density at radius 2 is 1.64 bits per heavy atom. The maximum atomic E-state index is 13.4. The number of nitrogens with one attached hydrogen (secondary N) is 1. The summed E-state index contributed by atoms with van der Waals surface area (Å²) < 4.78 is 24.0. The summed E-state index contributed by atoms with van der Waals surface area (Å²) in [6.45, 7) is 0. The zero-order chi connectivity index (χ0) is 20.4. The van der Waals surface area contributed by atoms with Crippen molar-refractivity contribution in [2.45, 2.75) is 6.42 Å². The highest BCUT2D eigenvalue weighted by Gasteiger charge is 2.18. The van der Waals surface area contributed by atoms with Gasteiger partial charge in [0.05, 0.1) is 14.2 Å². The van der Waals surface area contributed by atoms with Crippen LogP contribution in [0, 0.1) is 5.82 Å². The Morgan fingerprint density at radius 3 is 2.21 bits per heavy atom. The zero-order valence-corrected chi connectivity index (χ0v) is 17.2. The molecule has 0 saturated carbocycles. The average molecular weight is 443 g/mol. The summed E-state index contributed by atoms with van der Waals surface area (Å²) in [5.41, 5.74) is 2.03. The fraction of sp³-hybridized carbons (Fsp3) is 0.150. The molecule has 3 rings (SSSR count). The van der Waals surface area contributed by atoms with Crippen LogP contribution < -0.4 is 15.0 Å². The Balaban J connectivity index is 2.20. The van der Waals surface area contributed by atoms with Crippen molar-refractivity contribution in [3.05, 3.63) is 78.9 Å². The molecule has 0 aliphatic carbocycles. The Labute approximate surface area is 175 Å². The highest BCUT2D eigenvalue weighted by atomic mass is 35.5. The van der Waals surface area contributed by atoms with E-state index in [-0.39, 0.29) is 16.5 Å². The first-order valence-electron chi connectivity index (χ1n) is 8.11. The number of aromatic nitrogens is 1. The van der Waals surface area contributed by atoms with E-state index in [4.69, 9.17) is 44.3 Å². The van der Waals surface area contributed by atoms with E-state index in [2.05, 4.69) is 4.98 Å². The van der Waals surface area contributed by atoms with Crippen molar-refractivity contribution in [3.63, 3.8) is 0 Å². The standard InChI is InChI=1S/C20H15Cl3FNO3/c1-27-16-6-11(7-17(28-2)19(16)23)14-9-25-20(26)18(22)13(14)5-10-3-4-12(24)8-15(10)21/h3-4,6-9H,5H2,1-2H3,(H,25,26). The predicted octanol–water partition coefficient (Wildman–Crippen LogP) is 5.75. The smallest absolute Gasteiger partial charge is 0.267 e. The van der Waals surface area contributed by atoms with Gasteiger partial charge in [0.25, 0.3) is 5.56 Å². The first kappa shape index (κ1) is 20.5. The number of aromatic amines is 1. The van der Waals surface area contributed by atoms with Crippen molar-refractivity contribution in [1.29, 1.82) is 0 Å². The topological polar surface area (TPSA) is 51.3 Å². The van der Waals surface area contributed by atoms with Gasteiger partial charge in [-0.25, -0.2) is 4.39 Å². The van der Waals surface area contributed by atoms with E-state index in [9.17, 15) is 9.18 Å². The third kappa shape index (κ3) is 3.97. The minimum Gasteiger partial charge on any atom is -0.495 e. The first-order chi connectivity index (χ1) is 13.3. The molecule has 0 unspecified atom stereocenters. The van der Waals surface area contributed by atoms with Crippen LogP contribution in [-0.2, 0) is 6.42 Å². The van der Waals surface area contributed by atoms with Gasteiger partial charge < -0.3 is 14.5 Å². The summed E-state index contributed by atoms with van der Waals surface area (Å²) in [5.74, 6) is 0.367. The molecule has 146 valence electrons. The molecule has 1 heterocycles. The van der Waals surface area contributed by atoms with Crippen LogP contribution >= 0.6 is 34.8 Å². The molecule has 0 fully saturated rings. The summed E-state index contributed by atoms with van der Waals surface area (Å²) in [4.78, 5) is 14.7. The Morgan fingerprint density at radius 1 is 1.00 bits per heavy atom. The van der Waals surface area contributed by atoms with Crippen LogP contribution in [0.25, 0.3) is 11.1 Å². The van der Waals surface area contributed by atoms with E-state index in [1.165, 1.54) is 26.4 Å². The lowest BCUT2D eigenvalue weighted by Crippen LogP contribution is -2.10. The Kier molecular flexibility index (Phi) is 6.18. The van der Waals surface area contributed by atoms with Crippen molar-refractivity contribution < 1.29 is 13.9 Å². The Bertz CT molecular complexity index is 1070. The summed E-state index contributed by atoms with van der Waals surface area (Å²) >= 11 is 18.7. The number of H-pyrrole nitrogens is 1. The van der Waals surface area contributed by atoms with E-state index in [1.54, 1.807) is 24.4 Å². The molecule has 0 bridgehead atoms. The zero-order valence-electron chi connectivity index (χ0n) is 14.9. The third-order valence-corrected chi connectivity index (χ3v) is 5.40. The summed E-state index contributed by atoms with van der Waals surface area (Å²) in [7, 11) is 2.98. The summed E-state index contributed by atoms with van der Waals surface area (Å²) in [6, 6.07) is 7.50. The fourth-order valence-corrected chi connectivity index (χ4v) is 3.57. The van der Waals surface area contributed by atoms with Crippen LogP contribution in [0.4, 0.5) is 4.39 Å². The highest BCUT2D eigenvalue weighted by Crippen LogP contribution is 2.40. The molecule has 0 amide bonds. The number of halogens is 4. The molecule has 0 spiro atoms. The molecule has 0 atom stereocenters. The molecule has 1 N–H and O–H groups in total. The fourth-order valence-electron chi connectivity index (χ4n) is 2.85. The maximum absolute atomic E-state index is 13.4. The quantitative estimate of drug-likeness (QED) is 0.547. The maximum Gasteiger partial charge on any atom is 0.267 e. The molecule has 0 radical (unpaired) electrons. The molecule has 0 aliphatic rings. The van der Waals surface area contributed by atoms with Crippen LogP contribution in [0.1, 0.15) is 11.1 Å². The van der Waals surface area contributed by atoms with E-state index in [1.807, 2.05) is 0 Å². The van der Waals surface area contributed by atoms with E-state index >= 15 is 0 Å². The molecule has 0 saturated heterocycles. The number of benzene rings is 2. The van der Waals surface area contributed by atoms with Gasteiger partial charge in [0, 0.05) is 23.2 Å². The molecule has 4 nitrogen and oxygen atoms in total. The third-order valence-electron chi connectivity index (χ3n) is 4.28. The number of ether oxygens (including phenoxy) is 2. The molecule has 8 heteroatoms. The molecule has 28 heavy (non-hydrogen) atoms. The van der Waals surface area contributed by atoms with Crippen LogP contribution in [0.2, 0.25) is 15.1 Å². The predicted molar refractivity (Wildman–Crippen MR) is 110 cm³/mol. The second-order valence-corrected chi connectivity index (χ2v) is 7.09. The number of methoxy groups -OCH3 is 2. The van der Waals surface area contributed by atoms with Crippen LogP contribution in [0.15, 0.2) is 41.3 Å². The van der Waals surface area contributed by atoms with Gasteiger partial charge in [-0.1, -0.05) is 40.9 Å². The van der Waals surface area contributed by atoms with Gasteiger partial charge in [-0.3, -0.25) is 4.79 Å². The molecule has 3 aromatic rings. The molecular formula is C20H15Cl3FNO3. The molecule has 0 aliphatic heterocycles. The van der Waals surface area contributed by atoms with Gasteiger partial charge in [-0.15, -0.1) is 0 Å². The highest BCUT2D eigenvalue weighted by molar-refractivity contribution is 6.34.